The summed E-state index contributed by atoms with van der Waals surface area (Å²) in [6.07, 6.45) is -0.100. The van der Waals surface area contributed by atoms with Crippen LogP contribution in [0.25, 0.3) is 0 Å². The molecule has 0 aliphatic carbocycles. The van der Waals surface area contributed by atoms with Crippen molar-refractivity contribution >= 4 is 35.0 Å². The SMILES string of the molecule is NC(N)=NCCC[C@@H](C(=O)Nc1ccc([N+](=O)[O-])cc1)N(C(=O)OCc1ccccc1)c1ccccc1. The molecule has 11 nitrogen and oxygen atoms in total. The molecule has 192 valence electrons. The molecule has 0 heterocycles. The summed E-state index contributed by atoms with van der Waals surface area (Å²) in [5.41, 5.74) is 12.3. The minimum absolute atomic E-state index is 0.0215. The fraction of sp³-hybridized carbons (Fsp3) is 0.192. The van der Waals surface area contributed by atoms with E-state index in [4.69, 9.17) is 16.2 Å². The van der Waals surface area contributed by atoms with Crippen LogP contribution in [-0.4, -0.2) is 35.5 Å². The number of nitrogens with one attached hydrogen (secondary N) is 1. The molecule has 0 unspecified atom stereocenters. The summed E-state index contributed by atoms with van der Waals surface area (Å²) < 4.78 is 5.58. The molecule has 0 aliphatic heterocycles. The van der Waals surface area contributed by atoms with Crippen molar-refractivity contribution < 1.29 is 19.2 Å². The monoisotopic (exact) mass is 504 g/mol. The van der Waals surface area contributed by atoms with E-state index in [0.29, 0.717) is 17.8 Å². The Labute approximate surface area is 213 Å². The number of hydrogen-bond donors (Lipinski definition) is 3. The molecule has 1 atom stereocenters. The molecule has 37 heavy (non-hydrogen) atoms. The Morgan fingerprint density at radius 2 is 1.59 bits per heavy atom. The van der Waals surface area contributed by atoms with E-state index in [0.717, 1.165) is 5.56 Å². The zero-order valence-electron chi connectivity index (χ0n) is 20.0. The topological polar surface area (TPSA) is 166 Å². The van der Waals surface area contributed by atoms with Crippen molar-refractivity contribution in [2.75, 3.05) is 16.8 Å². The van der Waals surface area contributed by atoms with Crippen LogP contribution in [0.1, 0.15) is 18.4 Å². The van der Waals surface area contributed by atoms with Gasteiger partial charge in [0.15, 0.2) is 5.96 Å². The van der Waals surface area contributed by atoms with Crippen molar-refractivity contribution in [3.8, 4) is 0 Å². The number of anilines is 2. The molecule has 0 spiro atoms. The van der Waals surface area contributed by atoms with Gasteiger partial charge in [0, 0.05) is 30.1 Å². The van der Waals surface area contributed by atoms with Gasteiger partial charge in [-0.05, 0) is 42.7 Å². The number of nitro groups is 1. The molecule has 2 amide bonds. The first-order valence-electron chi connectivity index (χ1n) is 11.5. The largest absolute Gasteiger partial charge is 0.444 e. The molecule has 5 N–H and O–H groups in total. The number of para-hydroxylation sites is 1. The number of nitrogens with zero attached hydrogens (tertiary/aromatic N) is 3. The number of nitrogens with two attached hydrogens (primary N) is 2. The highest BCUT2D eigenvalue weighted by atomic mass is 16.6. The summed E-state index contributed by atoms with van der Waals surface area (Å²) in [5, 5.41) is 13.7. The van der Waals surface area contributed by atoms with E-state index in [-0.39, 0.29) is 31.2 Å². The predicted molar refractivity (Wildman–Crippen MR) is 141 cm³/mol. The van der Waals surface area contributed by atoms with Crippen LogP contribution in [0.5, 0.6) is 0 Å². The zero-order valence-corrected chi connectivity index (χ0v) is 20.0. The summed E-state index contributed by atoms with van der Waals surface area (Å²) in [5.74, 6) is -0.576. The van der Waals surface area contributed by atoms with Gasteiger partial charge in [0.1, 0.15) is 12.6 Å². The number of ether oxygens (including phenoxy) is 1. The Hall–Kier alpha value is -4.93. The van der Waals surface area contributed by atoms with Crippen LogP contribution in [0.4, 0.5) is 21.9 Å². The number of carbonyl (C=O) groups excluding carboxylic acids is 2. The van der Waals surface area contributed by atoms with Gasteiger partial charge in [-0.15, -0.1) is 0 Å². The lowest BCUT2D eigenvalue weighted by atomic mass is 10.1. The van der Waals surface area contributed by atoms with Crippen molar-refractivity contribution in [1.82, 2.24) is 0 Å². The van der Waals surface area contributed by atoms with E-state index in [1.807, 2.05) is 30.3 Å². The molecule has 0 aliphatic rings. The Bertz CT molecular complexity index is 1220. The summed E-state index contributed by atoms with van der Waals surface area (Å²) in [7, 11) is 0. The third-order valence-electron chi connectivity index (χ3n) is 5.33. The maximum atomic E-state index is 13.5. The van der Waals surface area contributed by atoms with Gasteiger partial charge in [0.25, 0.3) is 5.69 Å². The fourth-order valence-corrected chi connectivity index (χ4v) is 3.55. The second-order valence-corrected chi connectivity index (χ2v) is 8.00. The molecular formula is C26H28N6O5. The highest BCUT2D eigenvalue weighted by Crippen LogP contribution is 2.23. The molecule has 3 aromatic rings. The Morgan fingerprint density at radius 3 is 2.19 bits per heavy atom. The van der Waals surface area contributed by atoms with Gasteiger partial charge in [-0.3, -0.25) is 24.8 Å². The number of nitro benzene ring substituents is 1. The van der Waals surface area contributed by atoms with Crippen LogP contribution in [0.2, 0.25) is 0 Å². The number of guanidine groups is 1. The van der Waals surface area contributed by atoms with Crippen LogP contribution >= 0.6 is 0 Å². The predicted octanol–water partition coefficient (Wildman–Crippen LogP) is 3.80. The molecule has 11 heteroatoms. The average Bonchev–Trinajstić information content (AvgIpc) is 2.90. The third-order valence-corrected chi connectivity index (χ3v) is 5.33. The van der Waals surface area contributed by atoms with Crippen molar-refractivity contribution in [3.05, 3.63) is 101 Å². The average molecular weight is 505 g/mol. The third kappa shape index (κ3) is 8.06. The standard InChI is InChI=1S/C26H28N6O5/c27-25(28)29-17-7-12-23(24(33)30-20-13-15-22(16-14-20)32(35)36)31(21-10-5-2-6-11-21)26(34)37-18-19-8-3-1-4-9-19/h1-6,8-11,13-16,23H,7,12,17-18H2,(H,30,33)(H4,27,28,29)/t23-/m0/s1. The Balaban J connectivity index is 1.87. The maximum Gasteiger partial charge on any atom is 0.415 e. The minimum atomic E-state index is -0.991. The van der Waals surface area contributed by atoms with Crippen LogP contribution in [0.15, 0.2) is 89.9 Å². The van der Waals surface area contributed by atoms with Crippen LogP contribution in [-0.2, 0) is 16.1 Å². The molecule has 0 aromatic heterocycles. The highest BCUT2D eigenvalue weighted by molar-refractivity contribution is 6.03. The molecule has 0 fully saturated rings. The van der Waals surface area contributed by atoms with E-state index in [1.54, 1.807) is 30.3 Å². The van der Waals surface area contributed by atoms with Crippen molar-refractivity contribution in [2.45, 2.75) is 25.5 Å². The van der Waals surface area contributed by atoms with Gasteiger partial charge in [0.05, 0.1) is 4.92 Å². The molecule has 0 radical (unpaired) electrons. The second-order valence-electron chi connectivity index (χ2n) is 8.00. The minimum Gasteiger partial charge on any atom is -0.444 e. The molecule has 0 saturated heterocycles. The smallest absolute Gasteiger partial charge is 0.415 e. The van der Waals surface area contributed by atoms with Gasteiger partial charge in [-0.25, -0.2) is 4.79 Å². The highest BCUT2D eigenvalue weighted by Gasteiger charge is 2.32. The summed E-state index contributed by atoms with van der Waals surface area (Å²) in [6, 6.07) is 22.3. The zero-order chi connectivity index (χ0) is 26.6. The van der Waals surface area contributed by atoms with E-state index in [1.165, 1.54) is 29.2 Å². The molecule has 3 aromatic carbocycles. The van der Waals surface area contributed by atoms with E-state index >= 15 is 0 Å². The lowest BCUT2D eigenvalue weighted by Crippen LogP contribution is -2.48. The number of non-ortho nitro benzene ring substituents is 1. The number of hydrogen-bond acceptors (Lipinski definition) is 6. The fourth-order valence-electron chi connectivity index (χ4n) is 3.55. The first kappa shape index (κ1) is 26.7. The van der Waals surface area contributed by atoms with Gasteiger partial charge >= 0.3 is 6.09 Å². The van der Waals surface area contributed by atoms with Gasteiger partial charge in [-0.1, -0.05) is 48.5 Å². The number of aliphatic imine (C=N–C) groups is 1. The quantitative estimate of drug-likeness (QED) is 0.117. The summed E-state index contributed by atoms with van der Waals surface area (Å²) in [6.45, 7) is 0.277. The van der Waals surface area contributed by atoms with E-state index in [9.17, 15) is 19.7 Å². The van der Waals surface area contributed by atoms with Crippen LogP contribution < -0.4 is 21.7 Å². The lowest BCUT2D eigenvalue weighted by molar-refractivity contribution is -0.384. The number of rotatable bonds is 11. The first-order chi connectivity index (χ1) is 17.8. The number of carbonyl (C=O) groups is 2. The second kappa shape index (κ2) is 13.2. The van der Waals surface area contributed by atoms with Crippen LogP contribution in [0.3, 0.4) is 0 Å². The van der Waals surface area contributed by atoms with Gasteiger partial charge < -0.3 is 21.5 Å². The van der Waals surface area contributed by atoms with Crippen molar-refractivity contribution in [3.63, 3.8) is 0 Å². The van der Waals surface area contributed by atoms with Crippen molar-refractivity contribution in [1.29, 1.82) is 0 Å². The van der Waals surface area contributed by atoms with Crippen molar-refractivity contribution in [2.24, 2.45) is 16.5 Å². The number of benzene rings is 3. The van der Waals surface area contributed by atoms with E-state index in [2.05, 4.69) is 10.3 Å². The first-order valence-corrected chi connectivity index (χ1v) is 11.5. The van der Waals surface area contributed by atoms with E-state index < -0.39 is 23.0 Å². The molecule has 0 bridgehead atoms. The summed E-state index contributed by atoms with van der Waals surface area (Å²) in [4.78, 5) is 42.5. The van der Waals surface area contributed by atoms with Gasteiger partial charge in [-0.2, -0.15) is 0 Å². The van der Waals surface area contributed by atoms with Gasteiger partial charge in [0.2, 0.25) is 5.91 Å². The Kier molecular flexibility index (Phi) is 9.54. The number of amides is 2. The Morgan fingerprint density at radius 1 is 0.973 bits per heavy atom. The molecule has 3 rings (SSSR count). The lowest BCUT2D eigenvalue weighted by Gasteiger charge is -2.30. The normalized spacial score (nSPS) is 11.1. The van der Waals surface area contributed by atoms with Crippen LogP contribution in [0, 0.1) is 10.1 Å². The molecule has 0 saturated carbocycles. The molecular weight excluding hydrogens is 476 g/mol. The maximum absolute atomic E-state index is 13.5. The summed E-state index contributed by atoms with van der Waals surface area (Å²) >= 11 is 0.